The normalized spacial score (nSPS) is 11.6. The molecule has 1 amide bonds. The predicted octanol–water partition coefficient (Wildman–Crippen LogP) is 4.51. The molecular weight excluding hydrogens is 593 g/mol. The standard InChI is InChI=1S/C28H30F5N7O4/c1-43-23-12-19-22(13-24(23)44-11-3-7-39(9-10-41)8-6-28(31,32)33)34-17-35-27(19)37-18-14-36-40(15-18)16-25(42)38-21-5-2-4-20(29)26(21)30/h2,4-5,12-15,17,41H,3,6-11,16H2,1H3,(H,38,42)(H,34,35,37). The molecule has 2 heterocycles. The van der Waals surface area contributed by atoms with Gasteiger partial charge < -0.3 is 30.1 Å². The quantitative estimate of drug-likeness (QED) is 0.130. The number of ether oxygens (including phenoxy) is 2. The maximum absolute atomic E-state index is 13.9. The second-order valence-electron chi connectivity index (χ2n) is 9.58. The van der Waals surface area contributed by atoms with Crippen molar-refractivity contribution in [2.24, 2.45) is 0 Å². The summed E-state index contributed by atoms with van der Waals surface area (Å²) in [7, 11) is 1.45. The molecule has 4 rings (SSSR count). The number of aliphatic hydroxyl groups is 1. The lowest BCUT2D eigenvalue weighted by Gasteiger charge is -2.22. The second-order valence-corrected chi connectivity index (χ2v) is 9.58. The maximum atomic E-state index is 13.9. The minimum absolute atomic E-state index is 0.128. The number of fused-ring (bicyclic) bond motifs is 1. The molecule has 0 radical (unpaired) electrons. The number of methoxy groups -OCH3 is 1. The van der Waals surface area contributed by atoms with E-state index in [1.165, 1.54) is 47.5 Å². The van der Waals surface area contributed by atoms with Gasteiger partial charge in [0, 0.05) is 37.3 Å². The summed E-state index contributed by atoms with van der Waals surface area (Å²) in [6, 6.07) is 6.78. The van der Waals surface area contributed by atoms with Gasteiger partial charge >= 0.3 is 6.18 Å². The number of alkyl halides is 3. The van der Waals surface area contributed by atoms with Crippen molar-refractivity contribution in [3.63, 3.8) is 0 Å². The van der Waals surface area contributed by atoms with Crippen LogP contribution in [0.2, 0.25) is 0 Å². The Balaban J connectivity index is 1.38. The van der Waals surface area contributed by atoms with Crippen molar-refractivity contribution in [3.05, 3.63) is 60.7 Å². The SMILES string of the molecule is COc1cc2c(Nc3cnn(CC(=O)Nc4cccc(F)c4F)c3)ncnc2cc1OCCCN(CCO)CCC(F)(F)F. The number of rotatable bonds is 15. The molecule has 0 bridgehead atoms. The van der Waals surface area contributed by atoms with Crippen LogP contribution in [-0.2, 0) is 11.3 Å². The number of amides is 1. The van der Waals surface area contributed by atoms with Gasteiger partial charge in [-0.25, -0.2) is 18.7 Å². The summed E-state index contributed by atoms with van der Waals surface area (Å²) in [6.45, 7) is -0.109. The lowest BCUT2D eigenvalue weighted by atomic mass is 10.2. The van der Waals surface area contributed by atoms with E-state index >= 15 is 0 Å². The number of carbonyl (C=O) groups is 1. The summed E-state index contributed by atoms with van der Waals surface area (Å²) < 4.78 is 77.6. The lowest BCUT2D eigenvalue weighted by molar-refractivity contribution is -0.138. The molecule has 0 aliphatic carbocycles. The highest BCUT2D eigenvalue weighted by Gasteiger charge is 2.27. The molecule has 0 unspecified atom stereocenters. The van der Waals surface area contributed by atoms with Gasteiger partial charge in [0.2, 0.25) is 5.91 Å². The number of benzene rings is 2. The van der Waals surface area contributed by atoms with Crippen molar-refractivity contribution in [2.45, 2.75) is 25.6 Å². The van der Waals surface area contributed by atoms with Crippen LogP contribution in [0.5, 0.6) is 11.5 Å². The summed E-state index contributed by atoms with van der Waals surface area (Å²) in [6.07, 6.45) is -0.514. The third-order valence-corrected chi connectivity index (χ3v) is 6.35. The van der Waals surface area contributed by atoms with Crippen molar-refractivity contribution in [1.82, 2.24) is 24.6 Å². The molecule has 4 aromatic rings. The van der Waals surface area contributed by atoms with Crippen LogP contribution in [-0.4, -0.2) is 81.8 Å². The van der Waals surface area contributed by atoms with Gasteiger partial charge in [0.05, 0.1) is 49.8 Å². The summed E-state index contributed by atoms with van der Waals surface area (Å²) in [5, 5.41) is 19.3. The zero-order valence-electron chi connectivity index (χ0n) is 23.6. The monoisotopic (exact) mass is 623 g/mol. The highest BCUT2D eigenvalue weighted by molar-refractivity contribution is 5.93. The molecule has 236 valence electrons. The van der Waals surface area contributed by atoms with Gasteiger partial charge in [-0.1, -0.05) is 6.07 Å². The second kappa shape index (κ2) is 14.7. The van der Waals surface area contributed by atoms with Crippen molar-refractivity contribution in [2.75, 3.05) is 50.6 Å². The van der Waals surface area contributed by atoms with E-state index in [1.54, 1.807) is 12.1 Å². The molecule has 11 nitrogen and oxygen atoms in total. The summed E-state index contributed by atoms with van der Waals surface area (Å²) in [5.74, 6) is -1.71. The van der Waals surface area contributed by atoms with Crippen LogP contribution in [0.1, 0.15) is 12.8 Å². The van der Waals surface area contributed by atoms with Crippen LogP contribution in [0, 0.1) is 11.6 Å². The third-order valence-electron chi connectivity index (χ3n) is 6.35. The average Bonchev–Trinajstić information content (AvgIpc) is 3.41. The highest BCUT2D eigenvalue weighted by Crippen LogP contribution is 2.35. The molecule has 44 heavy (non-hydrogen) atoms. The molecule has 0 saturated carbocycles. The summed E-state index contributed by atoms with van der Waals surface area (Å²) >= 11 is 0. The van der Waals surface area contributed by atoms with Crippen LogP contribution in [0.3, 0.4) is 0 Å². The van der Waals surface area contributed by atoms with Gasteiger partial charge in [0.25, 0.3) is 0 Å². The first kappa shape index (κ1) is 32.3. The number of nitrogens with zero attached hydrogens (tertiary/aromatic N) is 5. The van der Waals surface area contributed by atoms with E-state index in [-0.39, 0.29) is 38.5 Å². The van der Waals surface area contributed by atoms with Gasteiger partial charge in [-0.3, -0.25) is 9.48 Å². The van der Waals surface area contributed by atoms with E-state index < -0.39 is 30.1 Å². The Labute approximate surface area is 248 Å². The molecule has 16 heteroatoms. The van der Waals surface area contributed by atoms with E-state index in [0.29, 0.717) is 46.9 Å². The first-order valence-corrected chi connectivity index (χ1v) is 13.4. The van der Waals surface area contributed by atoms with Crippen molar-refractivity contribution in [3.8, 4) is 11.5 Å². The molecule has 2 aromatic heterocycles. The molecule has 0 fully saturated rings. The smallest absolute Gasteiger partial charge is 0.390 e. The molecule has 0 aliphatic rings. The van der Waals surface area contributed by atoms with Crippen LogP contribution >= 0.6 is 0 Å². The number of halogens is 5. The first-order valence-electron chi connectivity index (χ1n) is 13.4. The number of aliphatic hydroxyl groups excluding tert-OH is 1. The van der Waals surface area contributed by atoms with Gasteiger partial charge in [0.1, 0.15) is 18.7 Å². The van der Waals surface area contributed by atoms with Crippen molar-refractivity contribution < 1.29 is 41.3 Å². The summed E-state index contributed by atoms with van der Waals surface area (Å²) in [5.41, 5.74) is 0.705. The van der Waals surface area contributed by atoms with Gasteiger partial charge in [-0.2, -0.15) is 18.3 Å². The fourth-order valence-corrected chi connectivity index (χ4v) is 4.26. The number of hydrogen-bond donors (Lipinski definition) is 3. The molecular formula is C28H30F5N7O4. The van der Waals surface area contributed by atoms with Crippen LogP contribution in [0.4, 0.5) is 39.1 Å². The van der Waals surface area contributed by atoms with E-state index in [2.05, 4.69) is 25.7 Å². The molecule has 0 saturated heterocycles. The largest absolute Gasteiger partial charge is 0.493 e. The minimum Gasteiger partial charge on any atom is -0.493 e. The summed E-state index contributed by atoms with van der Waals surface area (Å²) in [4.78, 5) is 22.4. The fourth-order valence-electron chi connectivity index (χ4n) is 4.26. The zero-order chi connectivity index (χ0) is 31.7. The fraction of sp³-hybridized carbons (Fsp3) is 0.357. The topological polar surface area (TPSA) is 127 Å². The molecule has 0 aliphatic heterocycles. The number of anilines is 3. The zero-order valence-corrected chi connectivity index (χ0v) is 23.6. The number of hydrogen-bond acceptors (Lipinski definition) is 9. The Morgan fingerprint density at radius 2 is 1.93 bits per heavy atom. The third kappa shape index (κ3) is 8.97. The molecule has 0 spiro atoms. The van der Waals surface area contributed by atoms with E-state index in [4.69, 9.17) is 14.6 Å². The van der Waals surface area contributed by atoms with Gasteiger partial charge in [0.15, 0.2) is 23.1 Å². The average molecular weight is 624 g/mol. The molecule has 0 atom stereocenters. The Kier molecular flexibility index (Phi) is 10.8. The van der Waals surface area contributed by atoms with Crippen molar-refractivity contribution >= 4 is 34.0 Å². The Bertz CT molecular complexity index is 1570. The number of carbonyl (C=O) groups excluding carboxylic acids is 1. The van der Waals surface area contributed by atoms with E-state index in [9.17, 15) is 26.7 Å². The predicted molar refractivity (Wildman–Crippen MR) is 151 cm³/mol. The van der Waals surface area contributed by atoms with Crippen LogP contribution < -0.4 is 20.1 Å². The maximum Gasteiger partial charge on any atom is 0.390 e. The Hall–Kier alpha value is -4.57. The number of aromatic nitrogens is 4. The van der Waals surface area contributed by atoms with Crippen LogP contribution in [0.15, 0.2) is 49.1 Å². The van der Waals surface area contributed by atoms with Gasteiger partial charge in [-0.15, -0.1) is 0 Å². The highest BCUT2D eigenvalue weighted by atomic mass is 19.4. The van der Waals surface area contributed by atoms with Crippen LogP contribution in [0.25, 0.3) is 10.9 Å². The Morgan fingerprint density at radius 1 is 1.11 bits per heavy atom. The Morgan fingerprint density at radius 3 is 2.68 bits per heavy atom. The molecule has 2 aromatic carbocycles. The first-order chi connectivity index (χ1) is 21.1. The minimum atomic E-state index is -4.28. The molecule has 3 N–H and O–H groups in total. The van der Waals surface area contributed by atoms with E-state index in [0.717, 1.165) is 6.07 Å². The van der Waals surface area contributed by atoms with E-state index in [1.807, 2.05) is 0 Å². The lowest BCUT2D eigenvalue weighted by Crippen LogP contribution is -2.32. The van der Waals surface area contributed by atoms with Crippen molar-refractivity contribution in [1.29, 1.82) is 0 Å². The van der Waals surface area contributed by atoms with Gasteiger partial charge in [-0.05, 0) is 24.6 Å². The number of nitrogens with one attached hydrogen (secondary N) is 2.